The fraction of sp³-hybridized carbons (Fsp3) is 0.364. The molecule has 5 N–H and O–H groups in total. The molecule has 1 aromatic carbocycles. The number of hydrogen-bond acceptors (Lipinski definition) is 3. The second-order valence-electron chi connectivity index (χ2n) is 4.21. The molecule has 1 rings (SSSR count). The van der Waals surface area contributed by atoms with Gasteiger partial charge in [-0.05, 0) is 19.4 Å². The Morgan fingerprint density at radius 2 is 1.89 bits per heavy atom. The van der Waals surface area contributed by atoms with E-state index in [4.69, 9.17) is 11.1 Å². The molecule has 0 fully saturated rings. The minimum atomic E-state index is -3.47. The molecule has 0 aromatic heterocycles. The van der Waals surface area contributed by atoms with E-state index in [1.54, 1.807) is 38.1 Å². The summed E-state index contributed by atoms with van der Waals surface area (Å²) >= 11 is 0. The van der Waals surface area contributed by atoms with Gasteiger partial charge in [-0.3, -0.25) is 5.41 Å². The topological polar surface area (TPSA) is 108 Å². The van der Waals surface area contributed by atoms with Gasteiger partial charge in [0.1, 0.15) is 5.84 Å². The minimum Gasteiger partial charge on any atom is -0.384 e. The second-order valence-corrected chi connectivity index (χ2v) is 5.74. The number of hydrogen-bond donors (Lipinski definition) is 4. The summed E-state index contributed by atoms with van der Waals surface area (Å²) in [6, 6.07) is 6.68. The Bertz CT molecular complexity index is 508. The number of nitrogens with two attached hydrogens (primary N) is 1. The summed E-state index contributed by atoms with van der Waals surface area (Å²) in [6.45, 7) is 3.70. The predicted molar refractivity (Wildman–Crippen MR) is 71.5 cm³/mol. The van der Waals surface area contributed by atoms with Crippen molar-refractivity contribution in [1.82, 2.24) is 9.44 Å². The van der Waals surface area contributed by atoms with Gasteiger partial charge in [-0.2, -0.15) is 17.9 Å². The predicted octanol–water partition coefficient (Wildman–Crippen LogP) is 0.303. The summed E-state index contributed by atoms with van der Waals surface area (Å²) in [7, 11) is -3.47. The van der Waals surface area contributed by atoms with E-state index < -0.39 is 10.2 Å². The van der Waals surface area contributed by atoms with Gasteiger partial charge in [0.2, 0.25) is 0 Å². The molecule has 0 aliphatic carbocycles. The molecular weight excluding hydrogens is 252 g/mol. The van der Waals surface area contributed by atoms with Gasteiger partial charge in [-0.1, -0.05) is 24.3 Å². The molecule has 0 aliphatic heterocycles. The highest BCUT2D eigenvalue weighted by molar-refractivity contribution is 7.87. The quantitative estimate of drug-likeness (QED) is 0.441. The average Bonchev–Trinajstić information content (AvgIpc) is 2.25. The van der Waals surface area contributed by atoms with Crippen LogP contribution in [0.1, 0.15) is 25.0 Å². The van der Waals surface area contributed by atoms with Gasteiger partial charge in [0, 0.05) is 18.2 Å². The largest absolute Gasteiger partial charge is 0.384 e. The molecule has 0 saturated heterocycles. The lowest BCUT2D eigenvalue weighted by molar-refractivity contribution is 0.554. The Kier molecular flexibility index (Phi) is 4.83. The van der Waals surface area contributed by atoms with Crippen molar-refractivity contribution in [3.8, 4) is 0 Å². The lowest BCUT2D eigenvalue weighted by Crippen LogP contribution is -2.39. The normalized spacial score (nSPS) is 11.7. The van der Waals surface area contributed by atoms with Crippen molar-refractivity contribution < 1.29 is 8.42 Å². The standard InChI is InChI=1S/C11H18N4O2S/c1-8(2)15-18(16,17)14-7-9-3-5-10(6-4-9)11(12)13/h3-6,8,14-15H,7H2,1-2H3,(H3,12,13). The Labute approximate surface area is 107 Å². The highest BCUT2D eigenvalue weighted by Crippen LogP contribution is 2.03. The van der Waals surface area contributed by atoms with Gasteiger partial charge >= 0.3 is 0 Å². The van der Waals surface area contributed by atoms with Crippen LogP contribution in [0, 0.1) is 5.41 Å². The van der Waals surface area contributed by atoms with E-state index in [9.17, 15) is 8.42 Å². The van der Waals surface area contributed by atoms with Crippen molar-refractivity contribution in [3.63, 3.8) is 0 Å². The molecule has 0 bridgehead atoms. The van der Waals surface area contributed by atoms with Gasteiger partial charge in [0.25, 0.3) is 10.2 Å². The molecular formula is C11H18N4O2S. The first-order valence-electron chi connectivity index (χ1n) is 5.50. The highest BCUT2D eigenvalue weighted by Gasteiger charge is 2.10. The molecule has 1 aromatic rings. The number of amidine groups is 1. The van der Waals surface area contributed by atoms with Crippen molar-refractivity contribution in [1.29, 1.82) is 5.41 Å². The summed E-state index contributed by atoms with van der Waals surface area (Å²) in [5.74, 6) is -0.0106. The Hall–Kier alpha value is -1.44. The van der Waals surface area contributed by atoms with Crippen molar-refractivity contribution in [2.24, 2.45) is 5.73 Å². The van der Waals surface area contributed by atoms with Crippen LogP contribution in [0.2, 0.25) is 0 Å². The fourth-order valence-electron chi connectivity index (χ4n) is 1.33. The van der Waals surface area contributed by atoms with Crippen LogP contribution in [0.25, 0.3) is 0 Å². The van der Waals surface area contributed by atoms with Crippen LogP contribution in [-0.4, -0.2) is 20.3 Å². The Morgan fingerprint density at radius 3 is 2.33 bits per heavy atom. The lowest BCUT2D eigenvalue weighted by atomic mass is 10.1. The Morgan fingerprint density at radius 1 is 1.33 bits per heavy atom. The maximum absolute atomic E-state index is 11.5. The molecule has 0 amide bonds. The molecule has 0 spiro atoms. The highest BCUT2D eigenvalue weighted by atomic mass is 32.2. The number of nitrogens with one attached hydrogen (secondary N) is 3. The lowest BCUT2D eigenvalue weighted by Gasteiger charge is -2.10. The number of benzene rings is 1. The van der Waals surface area contributed by atoms with Gasteiger partial charge < -0.3 is 5.73 Å². The van der Waals surface area contributed by atoms with E-state index >= 15 is 0 Å². The van der Waals surface area contributed by atoms with E-state index in [-0.39, 0.29) is 18.4 Å². The maximum atomic E-state index is 11.5. The average molecular weight is 270 g/mol. The summed E-state index contributed by atoms with van der Waals surface area (Å²) in [5, 5.41) is 7.24. The van der Waals surface area contributed by atoms with Crippen LogP contribution in [0.4, 0.5) is 0 Å². The van der Waals surface area contributed by atoms with E-state index in [1.807, 2.05) is 0 Å². The zero-order valence-electron chi connectivity index (χ0n) is 10.4. The van der Waals surface area contributed by atoms with Crippen molar-refractivity contribution >= 4 is 16.0 Å². The van der Waals surface area contributed by atoms with Gasteiger partial charge in [-0.15, -0.1) is 0 Å². The summed E-state index contributed by atoms with van der Waals surface area (Å²) in [5.41, 5.74) is 6.74. The van der Waals surface area contributed by atoms with Crippen LogP contribution in [0.3, 0.4) is 0 Å². The van der Waals surface area contributed by atoms with Crippen LogP contribution in [-0.2, 0) is 16.8 Å². The molecule has 0 atom stereocenters. The van der Waals surface area contributed by atoms with Crippen LogP contribution >= 0.6 is 0 Å². The third-order valence-electron chi connectivity index (χ3n) is 2.12. The van der Waals surface area contributed by atoms with Crippen molar-refractivity contribution in [3.05, 3.63) is 35.4 Å². The molecule has 0 heterocycles. The third-order valence-corrected chi connectivity index (χ3v) is 3.43. The molecule has 100 valence electrons. The molecule has 7 heteroatoms. The molecule has 0 unspecified atom stereocenters. The van der Waals surface area contributed by atoms with Crippen LogP contribution in [0.15, 0.2) is 24.3 Å². The van der Waals surface area contributed by atoms with Crippen molar-refractivity contribution in [2.45, 2.75) is 26.4 Å². The summed E-state index contributed by atoms with van der Waals surface area (Å²) < 4.78 is 27.9. The van der Waals surface area contributed by atoms with Gasteiger partial charge in [0.05, 0.1) is 0 Å². The Balaban J connectivity index is 2.61. The molecule has 6 nitrogen and oxygen atoms in total. The molecule has 0 radical (unpaired) electrons. The molecule has 0 saturated carbocycles. The van der Waals surface area contributed by atoms with E-state index in [1.165, 1.54) is 0 Å². The first-order chi connectivity index (χ1) is 8.30. The number of rotatable bonds is 6. The monoisotopic (exact) mass is 270 g/mol. The zero-order chi connectivity index (χ0) is 13.8. The second kappa shape index (κ2) is 5.94. The van der Waals surface area contributed by atoms with Gasteiger partial charge in [-0.25, -0.2) is 0 Å². The summed E-state index contributed by atoms with van der Waals surface area (Å²) in [6.07, 6.45) is 0. The maximum Gasteiger partial charge on any atom is 0.277 e. The first-order valence-corrected chi connectivity index (χ1v) is 6.99. The molecule has 18 heavy (non-hydrogen) atoms. The zero-order valence-corrected chi connectivity index (χ0v) is 11.2. The van der Waals surface area contributed by atoms with Gasteiger partial charge in [0.15, 0.2) is 0 Å². The minimum absolute atomic E-state index is 0.0106. The third kappa shape index (κ3) is 4.82. The van der Waals surface area contributed by atoms with E-state index in [0.29, 0.717) is 5.56 Å². The number of nitrogen functional groups attached to an aromatic ring is 1. The van der Waals surface area contributed by atoms with Crippen molar-refractivity contribution in [2.75, 3.05) is 0 Å². The van der Waals surface area contributed by atoms with Crippen LogP contribution in [0.5, 0.6) is 0 Å². The SMILES string of the molecule is CC(C)NS(=O)(=O)NCc1ccc(C(=N)N)cc1. The summed E-state index contributed by atoms with van der Waals surface area (Å²) in [4.78, 5) is 0. The van der Waals surface area contributed by atoms with Crippen LogP contribution < -0.4 is 15.2 Å². The van der Waals surface area contributed by atoms with E-state index in [0.717, 1.165) is 5.56 Å². The smallest absolute Gasteiger partial charge is 0.277 e. The molecule has 0 aliphatic rings. The fourth-order valence-corrected chi connectivity index (χ4v) is 2.39. The first kappa shape index (κ1) is 14.6. The van der Waals surface area contributed by atoms with E-state index in [2.05, 4.69) is 9.44 Å².